The third-order valence-corrected chi connectivity index (χ3v) is 3.64. The minimum Gasteiger partial charge on any atom is -0.392 e. The molecule has 6 nitrogen and oxygen atoms in total. The van der Waals surface area contributed by atoms with E-state index in [1.54, 1.807) is 11.7 Å². The van der Waals surface area contributed by atoms with Gasteiger partial charge in [0.2, 0.25) is 5.91 Å². The zero-order valence-corrected chi connectivity index (χ0v) is 11.8. The van der Waals surface area contributed by atoms with Gasteiger partial charge in [-0.2, -0.15) is 5.10 Å². The van der Waals surface area contributed by atoms with Crippen LogP contribution in [0.1, 0.15) is 19.0 Å². The fraction of sp³-hybridized carbons (Fsp3) is 0.692. The Morgan fingerprint density at radius 2 is 2.37 bits per heavy atom. The van der Waals surface area contributed by atoms with Crippen LogP contribution >= 0.6 is 0 Å². The van der Waals surface area contributed by atoms with Gasteiger partial charge in [-0.05, 0) is 25.8 Å². The van der Waals surface area contributed by atoms with Gasteiger partial charge in [0.25, 0.3) is 0 Å². The van der Waals surface area contributed by atoms with Crippen LogP contribution in [0.25, 0.3) is 0 Å². The van der Waals surface area contributed by atoms with E-state index >= 15 is 0 Å². The number of carbonyl (C=O) groups excluding carboxylic acids is 1. The van der Waals surface area contributed by atoms with Gasteiger partial charge < -0.3 is 10.4 Å². The maximum atomic E-state index is 12.0. The number of β-amino-alcohol motifs (C(OH)–C–C–N with tert-alkyl or cyclic N) is 1. The van der Waals surface area contributed by atoms with Crippen molar-refractivity contribution in [2.45, 2.75) is 26.4 Å². The molecule has 0 spiro atoms. The highest BCUT2D eigenvalue weighted by Gasteiger charge is 2.25. The second-order valence-electron chi connectivity index (χ2n) is 5.41. The lowest BCUT2D eigenvalue weighted by Gasteiger charge is -2.33. The Labute approximate surface area is 113 Å². The van der Waals surface area contributed by atoms with Crippen molar-refractivity contribution >= 4 is 11.7 Å². The predicted molar refractivity (Wildman–Crippen MR) is 72.8 cm³/mol. The van der Waals surface area contributed by atoms with Crippen molar-refractivity contribution in [2.24, 2.45) is 13.0 Å². The molecule has 1 fully saturated rings. The molecule has 6 heteroatoms. The lowest BCUT2D eigenvalue weighted by atomic mass is 9.96. The van der Waals surface area contributed by atoms with Gasteiger partial charge in [-0.3, -0.25) is 14.4 Å². The number of carbonyl (C=O) groups is 1. The van der Waals surface area contributed by atoms with Gasteiger partial charge in [0.05, 0.1) is 18.3 Å². The molecule has 1 amide bonds. The maximum absolute atomic E-state index is 12.0. The van der Waals surface area contributed by atoms with Crippen LogP contribution in [0.15, 0.2) is 6.07 Å². The Kier molecular flexibility index (Phi) is 4.21. The van der Waals surface area contributed by atoms with Crippen molar-refractivity contribution < 1.29 is 9.90 Å². The minimum atomic E-state index is -0.333. The van der Waals surface area contributed by atoms with Crippen LogP contribution in [-0.4, -0.2) is 51.4 Å². The Morgan fingerprint density at radius 1 is 1.63 bits per heavy atom. The highest BCUT2D eigenvalue weighted by Crippen LogP contribution is 2.16. The first-order valence-electron chi connectivity index (χ1n) is 6.66. The van der Waals surface area contributed by atoms with Crippen LogP contribution in [0.2, 0.25) is 0 Å². The van der Waals surface area contributed by atoms with Crippen molar-refractivity contribution in [1.29, 1.82) is 0 Å². The molecule has 19 heavy (non-hydrogen) atoms. The lowest BCUT2D eigenvalue weighted by molar-refractivity contribution is -0.118. The SMILES string of the molecule is Cc1cc(NC(=O)CN2CCC(C)C(O)C2)n(C)n1. The molecule has 2 rings (SSSR count). The minimum absolute atomic E-state index is 0.0650. The number of hydrogen-bond acceptors (Lipinski definition) is 4. The second-order valence-corrected chi connectivity index (χ2v) is 5.41. The maximum Gasteiger partial charge on any atom is 0.239 e. The van der Waals surface area contributed by atoms with E-state index in [4.69, 9.17) is 0 Å². The number of rotatable bonds is 3. The van der Waals surface area contributed by atoms with Crippen LogP contribution in [0.4, 0.5) is 5.82 Å². The van der Waals surface area contributed by atoms with Crippen molar-refractivity contribution in [3.63, 3.8) is 0 Å². The predicted octanol–water partition coefficient (Wildman–Crippen LogP) is 0.370. The van der Waals surface area contributed by atoms with Gasteiger partial charge in [0.1, 0.15) is 5.82 Å². The first-order chi connectivity index (χ1) is 8.95. The van der Waals surface area contributed by atoms with Crippen molar-refractivity contribution in [3.8, 4) is 0 Å². The van der Waals surface area contributed by atoms with E-state index < -0.39 is 0 Å². The molecule has 2 unspecified atom stereocenters. The topological polar surface area (TPSA) is 70.4 Å². The number of aromatic nitrogens is 2. The largest absolute Gasteiger partial charge is 0.392 e. The molecular formula is C13H22N4O2. The third kappa shape index (κ3) is 3.54. The molecule has 1 aromatic rings. The smallest absolute Gasteiger partial charge is 0.239 e. The Morgan fingerprint density at radius 3 is 2.95 bits per heavy atom. The molecule has 0 aromatic carbocycles. The molecule has 106 valence electrons. The number of anilines is 1. The highest BCUT2D eigenvalue weighted by molar-refractivity contribution is 5.91. The number of piperidine rings is 1. The van der Waals surface area contributed by atoms with Gasteiger partial charge >= 0.3 is 0 Å². The molecule has 2 heterocycles. The number of aliphatic hydroxyl groups is 1. The van der Waals surface area contributed by atoms with E-state index in [0.717, 1.165) is 18.7 Å². The number of aryl methyl sites for hydroxylation is 2. The average molecular weight is 266 g/mol. The monoisotopic (exact) mass is 266 g/mol. The van der Waals surface area contributed by atoms with E-state index in [2.05, 4.69) is 10.4 Å². The lowest BCUT2D eigenvalue weighted by Crippen LogP contribution is -2.45. The van der Waals surface area contributed by atoms with Gasteiger partial charge in [0.15, 0.2) is 0 Å². The first kappa shape index (κ1) is 14.0. The van der Waals surface area contributed by atoms with Gasteiger partial charge in [0, 0.05) is 19.7 Å². The summed E-state index contributed by atoms with van der Waals surface area (Å²) in [6.45, 7) is 5.67. The summed E-state index contributed by atoms with van der Waals surface area (Å²) in [5.41, 5.74) is 0.875. The van der Waals surface area contributed by atoms with Gasteiger partial charge in [-0.25, -0.2) is 0 Å². The fourth-order valence-corrected chi connectivity index (χ4v) is 2.37. The van der Waals surface area contributed by atoms with Crippen molar-refractivity contribution in [3.05, 3.63) is 11.8 Å². The summed E-state index contributed by atoms with van der Waals surface area (Å²) in [5, 5.41) is 16.8. The zero-order valence-electron chi connectivity index (χ0n) is 11.8. The molecule has 1 aromatic heterocycles. The summed E-state index contributed by atoms with van der Waals surface area (Å²) in [4.78, 5) is 13.9. The number of likely N-dealkylation sites (tertiary alicyclic amines) is 1. The molecular weight excluding hydrogens is 244 g/mol. The summed E-state index contributed by atoms with van der Waals surface area (Å²) >= 11 is 0. The molecule has 1 saturated heterocycles. The zero-order chi connectivity index (χ0) is 14.0. The van der Waals surface area contributed by atoms with Crippen LogP contribution in [0, 0.1) is 12.8 Å². The summed E-state index contributed by atoms with van der Waals surface area (Å²) < 4.78 is 1.65. The number of nitrogens with zero attached hydrogens (tertiary/aromatic N) is 3. The molecule has 2 atom stereocenters. The molecule has 1 aliphatic rings. The Balaban J connectivity index is 1.86. The Hall–Kier alpha value is -1.40. The standard InChI is InChI=1S/C13H22N4O2/c1-9-4-5-17(7-11(9)18)8-13(19)14-12-6-10(2)15-16(12)3/h6,9,11,18H,4-5,7-8H2,1-3H3,(H,14,19). The first-order valence-corrected chi connectivity index (χ1v) is 6.66. The van der Waals surface area contributed by atoms with E-state index in [9.17, 15) is 9.90 Å². The molecule has 1 aliphatic heterocycles. The normalized spacial score (nSPS) is 24.4. The van der Waals surface area contributed by atoms with E-state index in [1.807, 2.05) is 24.8 Å². The van der Waals surface area contributed by atoms with Crippen molar-refractivity contribution in [1.82, 2.24) is 14.7 Å². The Bertz CT molecular complexity index is 457. The van der Waals surface area contributed by atoms with E-state index in [1.165, 1.54) is 0 Å². The van der Waals surface area contributed by atoms with Crippen LogP contribution in [-0.2, 0) is 11.8 Å². The third-order valence-electron chi connectivity index (χ3n) is 3.64. The number of nitrogens with one attached hydrogen (secondary N) is 1. The van der Waals surface area contributed by atoms with Gasteiger partial charge in [-0.15, -0.1) is 0 Å². The van der Waals surface area contributed by atoms with Crippen LogP contribution in [0.3, 0.4) is 0 Å². The summed E-state index contributed by atoms with van der Waals surface area (Å²) in [5.74, 6) is 0.956. The fourth-order valence-electron chi connectivity index (χ4n) is 2.37. The summed E-state index contributed by atoms with van der Waals surface area (Å²) in [7, 11) is 1.80. The number of aliphatic hydroxyl groups excluding tert-OH is 1. The second kappa shape index (κ2) is 5.71. The van der Waals surface area contributed by atoms with Crippen LogP contribution < -0.4 is 5.32 Å². The molecule has 0 aliphatic carbocycles. The van der Waals surface area contributed by atoms with E-state index in [0.29, 0.717) is 24.8 Å². The summed E-state index contributed by atoms with van der Waals surface area (Å²) in [6.07, 6.45) is 0.597. The summed E-state index contributed by atoms with van der Waals surface area (Å²) in [6, 6.07) is 1.84. The molecule has 0 radical (unpaired) electrons. The van der Waals surface area contributed by atoms with Crippen molar-refractivity contribution in [2.75, 3.05) is 25.0 Å². The van der Waals surface area contributed by atoms with E-state index in [-0.39, 0.29) is 12.0 Å². The number of amides is 1. The molecule has 0 saturated carbocycles. The quantitative estimate of drug-likeness (QED) is 0.829. The average Bonchev–Trinajstić information content (AvgIpc) is 2.62. The van der Waals surface area contributed by atoms with Crippen LogP contribution in [0.5, 0.6) is 0 Å². The number of hydrogen-bond donors (Lipinski definition) is 2. The molecule has 0 bridgehead atoms. The molecule has 2 N–H and O–H groups in total. The van der Waals surface area contributed by atoms with Gasteiger partial charge in [-0.1, -0.05) is 6.92 Å². The highest BCUT2D eigenvalue weighted by atomic mass is 16.3.